The van der Waals surface area contributed by atoms with Crippen molar-refractivity contribution >= 4 is 39.3 Å². The van der Waals surface area contributed by atoms with Gasteiger partial charge in [-0.1, -0.05) is 36.0 Å². The Balaban J connectivity index is 1.52. The highest BCUT2D eigenvalue weighted by Gasteiger charge is 2.19. The van der Waals surface area contributed by atoms with Crippen LogP contribution in [-0.4, -0.2) is 33.7 Å². The normalized spacial score (nSPS) is 11.6. The first kappa shape index (κ1) is 22.2. The minimum Gasteiger partial charge on any atom is -0.277 e. The molecule has 0 amide bonds. The zero-order valence-electron chi connectivity index (χ0n) is 19.6. The van der Waals surface area contributed by atoms with E-state index in [0.717, 1.165) is 11.1 Å². The van der Waals surface area contributed by atoms with Gasteiger partial charge in [0.25, 0.3) is 11.1 Å². The van der Waals surface area contributed by atoms with Gasteiger partial charge in [0, 0.05) is 12.7 Å². The average molecular weight is 496 g/mol. The van der Waals surface area contributed by atoms with E-state index in [9.17, 15) is 9.59 Å². The number of pyridine rings is 1. The monoisotopic (exact) mass is 495 g/mol. The second kappa shape index (κ2) is 8.72. The van der Waals surface area contributed by atoms with Gasteiger partial charge in [-0.2, -0.15) is 0 Å². The van der Waals surface area contributed by atoms with E-state index in [-0.39, 0.29) is 11.1 Å². The Kier molecular flexibility index (Phi) is 5.37. The van der Waals surface area contributed by atoms with Gasteiger partial charge in [0.1, 0.15) is 11.6 Å². The van der Waals surface area contributed by atoms with E-state index in [1.807, 2.05) is 72.8 Å². The Morgan fingerprint density at radius 1 is 0.917 bits per heavy atom. The molecule has 0 aliphatic carbocycles. The molecule has 0 aliphatic rings. The first-order chi connectivity index (χ1) is 17.6. The zero-order valence-corrected chi connectivity index (χ0v) is 20.4. The lowest BCUT2D eigenvalue weighted by molar-refractivity contribution is 0.735. The van der Waals surface area contributed by atoms with Crippen LogP contribution in [0.25, 0.3) is 33.4 Å². The number of rotatable bonds is 5. The van der Waals surface area contributed by atoms with Crippen LogP contribution in [0.3, 0.4) is 0 Å². The number of para-hydroxylation sites is 2. The summed E-state index contributed by atoms with van der Waals surface area (Å²) >= 11 is 1.38. The van der Waals surface area contributed by atoms with E-state index in [1.165, 1.54) is 11.8 Å². The fraction of sp³-hybridized carbons (Fsp3) is 0.154. The second-order valence-electron chi connectivity index (χ2n) is 8.35. The molecule has 36 heavy (non-hydrogen) atoms. The van der Waals surface area contributed by atoms with Crippen LogP contribution < -0.4 is 11.1 Å². The van der Waals surface area contributed by atoms with Crippen LogP contribution in [0.5, 0.6) is 0 Å². The van der Waals surface area contributed by atoms with Crippen LogP contribution in [0.15, 0.2) is 81.6 Å². The summed E-state index contributed by atoms with van der Waals surface area (Å²) in [5.74, 6) is 2.03. The smallest absolute Gasteiger partial charge is 0.267 e. The lowest BCUT2D eigenvalue weighted by Crippen LogP contribution is -2.23. The Morgan fingerprint density at radius 3 is 2.50 bits per heavy atom. The van der Waals surface area contributed by atoms with Gasteiger partial charge in [0.15, 0.2) is 5.16 Å². The quantitative estimate of drug-likeness (QED) is 0.265. The molecule has 6 rings (SSSR count). The molecule has 0 unspecified atom stereocenters. The summed E-state index contributed by atoms with van der Waals surface area (Å²) in [6.07, 6.45) is 1.68. The van der Waals surface area contributed by atoms with Crippen molar-refractivity contribution in [1.82, 2.24) is 33.7 Å². The number of fused-ring (bicyclic) bond motifs is 4. The number of aromatic nitrogens is 7. The highest BCUT2D eigenvalue weighted by Crippen LogP contribution is 2.25. The van der Waals surface area contributed by atoms with Gasteiger partial charge in [0.2, 0.25) is 5.78 Å². The molecule has 178 valence electrons. The topological polar surface area (TPSA) is 100.0 Å². The summed E-state index contributed by atoms with van der Waals surface area (Å²) in [6.45, 7) is 4.34. The highest BCUT2D eigenvalue weighted by atomic mass is 32.2. The SMILES string of the molecule is CCn1c(=O)c2ccccc2n2c(CSc3nc4ccccc4c(=O)n3-c3cc(C)ccn3)nnc12. The van der Waals surface area contributed by atoms with E-state index in [1.54, 1.807) is 21.4 Å². The van der Waals surface area contributed by atoms with Gasteiger partial charge in [-0.25, -0.2) is 14.5 Å². The van der Waals surface area contributed by atoms with Gasteiger partial charge in [-0.05, 0) is 55.8 Å². The third-order valence-corrected chi connectivity index (χ3v) is 7.03. The molecule has 0 spiro atoms. The molecule has 2 aromatic carbocycles. The first-order valence-corrected chi connectivity index (χ1v) is 12.5. The number of nitrogens with zero attached hydrogens (tertiary/aromatic N) is 7. The molecule has 0 saturated heterocycles. The van der Waals surface area contributed by atoms with E-state index in [4.69, 9.17) is 4.98 Å². The Morgan fingerprint density at radius 2 is 1.69 bits per heavy atom. The van der Waals surface area contributed by atoms with E-state index < -0.39 is 0 Å². The molecular weight excluding hydrogens is 474 g/mol. The van der Waals surface area contributed by atoms with Crippen molar-refractivity contribution in [2.45, 2.75) is 31.3 Å². The van der Waals surface area contributed by atoms with Crippen LogP contribution in [-0.2, 0) is 12.3 Å². The third-order valence-electron chi connectivity index (χ3n) is 6.10. The third kappa shape index (κ3) is 3.49. The molecule has 0 N–H and O–H groups in total. The van der Waals surface area contributed by atoms with E-state index in [2.05, 4.69) is 15.2 Å². The van der Waals surface area contributed by atoms with Crippen LogP contribution in [0.4, 0.5) is 0 Å². The maximum atomic E-state index is 13.5. The molecule has 4 aromatic heterocycles. The van der Waals surface area contributed by atoms with Gasteiger partial charge in [-0.3, -0.25) is 18.6 Å². The van der Waals surface area contributed by atoms with Crippen molar-refractivity contribution in [2.24, 2.45) is 0 Å². The summed E-state index contributed by atoms with van der Waals surface area (Å²) in [5.41, 5.74) is 2.07. The number of thioether (sulfide) groups is 1. The van der Waals surface area contributed by atoms with Crippen LogP contribution in [0.1, 0.15) is 18.3 Å². The Hall–Kier alpha value is -4.31. The fourth-order valence-electron chi connectivity index (χ4n) is 4.38. The van der Waals surface area contributed by atoms with Gasteiger partial charge < -0.3 is 0 Å². The molecule has 0 radical (unpaired) electrons. The molecule has 0 atom stereocenters. The lowest BCUT2D eigenvalue weighted by atomic mass is 10.2. The Bertz CT molecular complexity index is 1910. The van der Waals surface area contributed by atoms with Crippen molar-refractivity contribution in [3.05, 3.63) is 99.0 Å². The number of aryl methyl sites for hydroxylation is 2. The maximum Gasteiger partial charge on any atom is 0.267 e. The maximum absolute atomic E-state index is 13.5. The molecule has 4 heterocycles. The summed E-state index contributed by atoms with van der Waals surface area (Å²) < 4.78 is 5.06. The summed E-state index contributed by atoms with van der Waals surface area (Å²) in [4.78, 5) is 35.8. The summed E-state index contributed by atoms with van der Waals surface area (Å²) in [5, 5.41) is 10.4. The number of benzene rings is 2. The number of hydrogen-bond donors (Lipinski definition) is 0. The molecule has 9 nitrogen and oxygen atoms in total. The molecular formula is C26H21N7O2S. The molecule has 0 fully saturated rings. The predicted octanol–water partition coefficient (Wildman–Crippen LogP) is 3.76. The fourth-order valence-corrected chi connectivity index (χ4v) is 5.29. The summed E-state index contributed by atoms with van der Waals surface area (Å²) in [7, 11) is 0. The molecule has 10 heteroatoms. The van der Waals surface area contributed by atoms with Gasteiger partial charge in [-0.15, -0.1) is 10.2 Å². The number of hydrogen-bond acceptors (Lipinski definition) is 7. The summed E-state index contributed by atoms with van der Waals surface area (Å²) in [6, 6.07) is 18.5. The highest BCUT2D eigenvalue weighted by molar-refractivity contribution is 7.98. The average Bonchev–Trinajstić information content (AvgIpc) is 3.32. The standard InChI is InChI=1S/C26H21N7O2S/c1-3-31-23(34)18-9-5-7-11-20(18)32-22(29-30-25(31)32)15-36-26-28-19-10-6-4-8-17(19)24(35)33(26)21-14-16(2)12-13-27-21/h4-14H,3,15H2,1-2H3. The van der Waals surface area contributed by atoms with Gasteiger partial charge >= 0.3 is 0 Å². The Labute approximate surface area is 209 Å². The van der Waals surface area contributed by atoms with Crippen molar-refractivity contribution in [2.75, 3.05) is 0 Å². The molecule has 6 aromatic rings. The van der Waals surface area contributed by atoms with Crippen molar-refractivity contribution < 1.29 is 0 Å². The molecule has 0 bridgehead atoms. The van der Waals surface area contributed by atoms with Crippen LogP contribution >= 0.6 is 11.8 Å². The largest absolute Gasteiger partial charge is 0.277 e. The second-order valence-corrected chi connectivity index (χ2v) is 9.29. The minimum atomic E-state index is -0.183. The van der Waals surface area contributed by atoms with E-state index in [0.29, 0.717) is 51.2 Å². The van der Waals surface area contributed by atoms with Crippen molar-refractivity contribution in [1.29, 1.82) is 0 Å². The van der Waals surface area contributed by atoms with Crippen molar-refractivity contribution in [3.63, 3.8) is 0 Å². The van der Waals surface area contributed by atoms with Crippen molar-refractivity contribution in [3.8, 4) is 5.82 Å². The molecule has 0 saturated carbocycles. The molecule has 0 aliphatic heterocycles. The minimum absolute atomic E-state index is 0.0947. The van der Waals surface area contributed by atoms with Crippen LogP contribution in [0.2, 0.25) is 0 Å². The van der Waals surface area contributed by atoms with E-state index >= 15 is 0 Å². The first-order valence-electron chi connectivity index (χ1n) is 11.5. The van der Waals surface area contributed by atoms with Crippen LogP contribution in [0, 0.1) is 6.92 Å². The zero-order chi connectivity index (χ0) is 24.8. The lowest BCUT2D eigenvalue weighted by Gasteiger charge is -2.13. The predicted molar refractivity (Wildman–Crippen MR) is 140 cm³/mol. The van der Waals surface area contributed by atoms with Gasteiger partial charge in [0.05, 0.1) is 27.6 Å².